The Balaban J connectivity index is 1.85. The summed E-state index contributed by atoms with van der Waals surface area (Å²) in [6, 6.07) is 11.2. The van der Waals surface area contributed by atoms with Crippen LogP contribution in [0, 0.1) is 10.1 Å². The summed E-state index contributed by atoms with van der Waals surface area (Å²) in [5.74, 6) is 0. The summed E-state index contributed by atoms with van der Waals surface area (Å²) in [6.07, 6.45) is 3.11. The Hall–Kier alpha value is -2.30. The third kappa shape index (κ3) is 4.52. The maximum atomic E-state index is 12.6. The number of sulfonamides is 1. The van der Waals surface area contributed by atoms with Gasteiger partial charge in [0.05, 0.1) is 16.0 Å². The van der Waals surface area contributed by atoms with Gasteiger partial charge < -0.3 is 0 Å². The van der Waals surface area contributed by atoms with Gasteiger partial charge in [0.2, 0.25) is 10.0 Å². The second-order valence-corrected chi connectivity index (χ2v) is 8.83. The molecule has 0 aromatic heterocycles. The van der Waals surface area contributed by atoms with Crippen LogP contribution < -0.4 is 5.43 Å². The zero-order chi connectivity index (χ0) is 19.4. The van der Waals surface area contributed by atoms with Gasteiger partial charge in [0.25, 0.3) is 5.69 Å². The van der Waals surface area contributed by atoms with Crippen molar-refractivity contribution < 1.29 is 13.3 Å². The SMILES string of the molecule is O=[N+]([O-])c1cc(S(=O)(=O)N2CCCC2)ccc1NN=Cc1cccc(Br)c1. The average Bonchev–Trinajstić information content (AvgIpc) is 3.17. The number of nitro benzene ring substituents is 1. The first-order valence-corrected chi connectivity index (χ1v) is 10.4. The monoisotopic (exact) mass is 452 g/mol. The van der Waals surface area contributed by atoms with Crippen LogP contribution in [0.5, 0.6) is 0 Å². The van der Waals surface area contributed by atoms with E-state index in [9.17, 15) is 18.5 Å². The Morgan fingerprint density at radius 3 is 2.59 bits per heavy atom. The number of hydrogen-bond acceptors (Lipinski definition) is 6. The molecule has 0 atom stereocenters. The molecule has 3 rings (SSSR count). The highest BCUT2D eigenvalue weighted by Crippen LogP contribution is 2.30. The highest BCUT2D eigenvalue weighted by molar-refractivity contribution is 9.10. The molecule has 27 heavy (non-hydrogen) atoms. The first kappa shape index (κ1) is 19.5. The van der Waals surface area contributed by atoms with Crippen LogP contribution in [0.15, 0.2) is 56.9 Å². The number of nitrogens with one attached hydrogen (secondary N) is 1. The Morgan fingerprint density at radius 2 is 1.93 bits per heavy atom. The van der Waals surface area contributed by atoms with Crippen LogP contribution in [0.3, 0.4) is 0 Å². The quantitative estimate of drug-likeness (QED) is 0.409. The predicted octanol–water partition coefficient (Wildman–Crippen LogP) is 3.59. The molecule has 0 unspecified atom stereocenters. The zero-order valence-electron chi connectivity index (χ0n) is 14.2. The Morgan fingerprint density at radius 1 is 1.19 bits per heavy atom. The highest BCUT2D eigenvalue weighted by Gasteiger charge is 2.29. The van der Waals surface area contributed by atoms with E-state index in [1.807, 2.05) is 24.3 Å². The van der Waals surface area contributed by atoms with Gasteiger partial charge >= 0.3 is 0 Å². The molecule has 0 bridgehead atoms. The molecule has 1 fully saturated rings. The van der Waals surface area contributed by atoms with E-state index >= 15 is 0 Å². The smallest absolute Gasteiger partial charge is 0.272 e. The standard InChI is InChI=1S/C17H17BrN4O4S/c18-14-5-3-4-13(10-14)12-19-20-16-7-6-15(11-17(16)22(23)24)27(25,26)21-8-1-2-9-21/h3-7,10-12,20H,1-2,8-9H2. The van der Waals surface area contributed by atoms with Crippen LogP contribution in [0.2, 0.25) is 0 Å². The van der Waals surface area contributed by atoms with Gasteiger partial charge in [-0.15, -0.1) is 0 Å². The van der Waals surface area contributed by atoms with Gasteiger partial charge in [0.1, 0.15) is 5.69 Å². The first-order valence-electron chi connectivity index (χ1n) is 8.21. The average molecular weight is 453 g/mol. The lowest BCUT2D eigenvalue weighted by Crippen LogP contribution is -2.27. The number of hydrogen-bond donors (Lipinski definition) is 1. The lowest BCUT2D eigenvalue weighted by molar-refractivity contribution is -0.384. The number of halogens is 1. The fourth-order valence-electron chi connectivity index (χ4n) is 2.76. The van der Waals surface area contributed by atoms with Crippen molar-refractivity contribution in [3.05, 3.63) is 62.6 Å². The molecule has 0 amide bonds. The molecular weight excluding hydrogens is 436 g/mol. The van der Waals surface area contributed by atoms with Crippen LogP contribution in [0.1, 0.15) is 18.4 Å². The molecule has 1 N–H and O–H groups in total. The van der Waals surface area contributed by atoms with Gasteiger partial charge in [-0.05, 0) is 42.7 Å². The third-order valence-corrected chi connectivity index (χ3v) is 6.50. The van der Waals surface area contributed by atoms with Crippen molar-refractivity contribution in [3.8, 4) is 0 Å². The van der Waals surface area contributed by atoms with Crippen LogP contribution in [0.25, 0.3) is 0 Å². The van der Waals surface area contributed by atoms with Crippen molar-refractivity contribution in [3.63, 3.8) is 0 Å². The number of hydrazone groups is 1. The summed E-state index contributed by atoms with van der Waals surface area (Å²) >= 11 is 3.35. The molecule has 0 aliphatic carbocycles. The maximum Gasteiger partial charge on any atom is 0.295 e. The molecule has 1 aliphatic heterocycles. The molecule has 2 aromatic rings. The van der Waals surface area contributed by atoms with E-state index in [1.54, 1.807) is 0 Å². The first-order chi connectivity index (χ1) is 12.9. The topological polar surface area (TPSA) is 105 Å². The van der Waals surface area contributed by atoms with Crippen LogP contribution in [-0.4, -0.2) is 37.0 Å². The fraction of sp³-hybridized carbons (Fsp3) is 0.235. The van der Waals surface area contributed by atoms with Crippen molar-refractivity contribution in [2.45, 2.75) is 17.7 Å². The Kier molecular flexibility index (Phi) is 5.88. The molecule has 8 nitrogen and oxygen atoms in total. The number of nitro groups is 1. The second kappa shape index (κ2) is 8.15. The molecule has 1 saturated heterocycles. The molecular formula is C17H17BrN4O4S. The predicted molar refractivity (Wildman–Crippen MR) is 106 cm³/mol. The van der Waals surface area contributed by atoms with E-state index in [2.05, 4.69) is 26.5 Å². The van der Waals surface area contributed by atoms with Gasteiger partial charge in [0.15, 0.2) is 0 Å². The Bertz CT molecular complexity index is 988. The van der Waals surface area contributed by atoms with Gasteiger partial charge in [-0.25, -0.2) is 8.42 Å². The van der Waals surface area contributed by atoms with E-state index in [0.29, 0.717) is 13.1 Å². The molecule has 1 aliphatic rings. The van der Waals surface area contributed by atoms with E-state index in [1.165, 1.54) is 22.7 Å². The van der Waals surface area contributed by atoms with Crippen molar-refractivity contribution in [2.24, 2.45) is 5.10 Å². The summed E-state index contributed by atoms with van der Waals surface area (Å²) in [7, 11) is -3.72. The van der Waals surface area contributed by atoms with Gasteiger partial charge in [-0.3, -0.25) is 15.5 Å². The van der Waals surface area contributed by atoms with Crippen LogP contribution in [0.4, 0.5) is 11.4 Å². The van der Waals surface area contributed by atoms with Gasteiger partial charge in [-0.2, -0.15) is 9.41 Å². The molecule has 10 heteroatoms. The largest absolute Gasteiger partial charge is 0.295 e. The maximum absolute atomic E-state index is 12.6. The number of nitrogens with zero attached hydrogens (tertiary/aromatic N) is 3. The summed E-state index contributed by atoms with van der Waals surface area (Å²) < 4.78 is 27.4. The molecule has 2 aromatic carbocycles. The lowest BCUT2D eigenvalue weighted by atomic mass is 10.2. The zero-order valence-corrected chi connectivity index (χ0v) is 16.6. The van der Waals surface area contributed by atoms with Crippen molar-refractivity contribution in [1.82, 2.24) is 4.31 Å². The summed E-state index contributed by atoms with van der Waals surface area (Å²) in [5.41, 5.74) is 3.19. The molecule has 0 radical (unpaired) electrons. The molecule has 0 saturated carbocycles. The van der Waals surface area contributed by atoms with Crippen molar-refractivity contribution >= 4 is 43.5 Å². The van der Waals surface area contributed by atoms with E-state index in [-0.39, 0.29) is 16.3 Å². The number of benzene rings is 2. The summed E-state index contributed by atoms with van der Waals surface area (Å²) in [4.78, 5) is 10.7. The van der Waals surface area contributed by atoms with Gasteiger partial charge in [-0.1, -0.05) is 28.1 Å². The van der Waals surface area contributed by atoms with Crippen LogP contribution in [-0.2, 0) is 10.0 Å². The normalized spacial score (nSPS) is 15.3. The van der Waals surface area contributed by atoms with E-state index in [0.717, 1.165) is 28.9 Å². The van der Waals surface area contributed by atoms with E-state index in [4.69, 9.17) is 0 Å². The lowest BCUT2D eigenvalue weighted by Gasteiger charge is -2.15. The molecule has 0 spiro atoms. The second-order valence-electron chi connectivity index (χ2n) is 5.97. The van der Waals surface area contributed by atoms with E-state index < -0.39 is 14.9 Å². The summed E-state index contributed by atoms with van der Waals surface area (Å²) in [6.45, 7) is 0.875. The van der Waals surface area contributed by atoms with Gasteiger partial charge in [0, 0.05) is 23.6 Å². The number of rotatable bonds is 6. The minimum absolute atomic E-state index is 0.0855. The Labute approximate surface area is 165 Å². The fourth-order valence-corrected chi connectivity index (χ4v) is 4.71. The van der Waals surface area contributed by atoms with Crippen molar-refractivity contribution in [1.29, 1.82) is 0 Å². The third-order valence-electron chi connectivity index (χ3n) is 4.12. The summed E-state index contributed by atoms with van der Waals surface area (Å²) in [5, 5.41) is 15.4. The van der Waals surface area contributed by atoms with Crippen molar-refractivity contribution in [2.75, 3.05) is 18.5 Å². The molecule has 142 valence electrons. The minimum Gasteiger partial charge on any atom is -0.272 e. The minimum atomic E-state index is -3.72. The molecule has 1 heterocycles. The number of anilines is 1. The highest BCUT2D eigenvalue weighted by atomic mass is 79.9. The van der Waals surface area contributed by atoms with Crippen LogP contribution >= 0.6 is 15.9 Å².